The molecule has 1 unspecified atom stereocenters. The van der Waals surface area contributed by atoms with Crippen molar-refractivity contribution in [2.45, 2.75) is 11.8 Å². The van der Waals surface area contributed by atoms with Crippen molar-refractivity contribution in [1.82, 2.24) is 0 Å². The number of hydrogen-bond donors (Lipinski definition) is 0. The first-order valence-electron chi connectivity index (χ1n) is 6.34. The molecule has 0 bridgehead atoms. The van der Waals surface area contributed by atoms with Crippen LogP contribution in [0.15, 0.2) is 36.4 Å². The van der Waals surface area contributed by atoms with Crippen LogP contribution in [0.4, 0.5) is 8.78 Å². The second-order valence-corrected chi connectivity index (χ2v) is 5.09. The van der Waals surface area contributed by atoms with Crippen molar-refractivity contribution >= 4 is 11.6 Å². The highest BCUT2D eigenvalue weighted by atomic mass is 35.5. The smallest absolute Gasteiger partial charge is 0.159 e. The third-order valence-electron chi connectivity index (χ3n) is 3.13. The van der Waals surface area contributed by atoms with Crippen LogP contribution in [-0.2, 0) is 6.42 Å². The Bertz CT molecular complexity index is 609. The van der Waals surface area contributed by atoms with Crippen molar-refractivity contribution < 1.29 is 18.3 Å². The molecule has 2 rings (SSSR count). The number of halogens is 3. The molecule has 0 spiro atoms. The van der Waals surface area contributed by atoms with E-state index in [1.165, 1.54) is 6.07 Å². The zero-order valence-electron chi connectivity index (χ0n) is 11.7. The highest BCUT2D eigenvalue weighted by Crippen LogP contribution is 2.32. The molecule has 0 saturated heterocycles. The van der Waals surface area contributed by atoms with E-state index in [0.717, 1.165) is 17.7 Å². The zero-order valence-corrected chi connectivity index (χ0v) is 12.5. The number of hydrogen-bond acceptors (Lipinski definition) is 2. The van der Waals surface area contributed by atoms with Crippen molar-refractivity contribution in [3.63, 3.8) is 0 Å². The first-order valence-corrected chi connectivity index (χ1v) is 6.78. The predicted octanol–water partition coefficient (Wildman–Crippen LogP) is 4.50. The molecule has 0 N–H and O–H groups in total. The molecule has 2 aromatic rings. The Labute approximate surface area is 127 Å². The van der Waals surface area contributed by atoms with E-state index in [1.807, 2.05) is 0 Å². The summed E-state index contributed by atoms with van der Waals surface area (Å²) < 4.78 is 36.5. The van der Waals surface area contributed by atoms with E-state index in [1.54, 1.807) is 32.4 Å². The molecule has 21 heavy (non-hydrogen) atoms. The minimum Gasteiger partial charge on any atom is -0.497 e. The number of ether oxygens (including phenoxy) is 2. The molecule has 0 aromatic heterocycles. The third-order valence-corrected chi connectivity index (χ3v) is 3.54. The molecular weight excluding hydrogens is 298 g/mol. The van der Waals surface area contributed by atoms with Gasteiger partial charge in [-0.3, -0.25) is 0 Å². The van der Waals surface area contributed by atoms with Gasteiger partial charge in [0.25, 0.3) is 0 Å². The monoisotopic (exact) mass is 312 g/mol. The van der Waals surface area contributed by atoms with Crippen LogP contribution in [0.5, 0.6) is 11.5 Å². The molecule has 2 nitrogen and oxygen atoms in total. The molecule has 2 aromatic carbocycles. The Kier molecular flexibility index (Phi) is 5.02. The molecule has 0 aliphatic carbocycles. The van der Waals surface area contributed by atoms with Gasteiger partial charge in [-0.1, -0.05) is 6.07 Å². The molecule has 0 amide bonds. The average Bonchev–Trinajstić information content (AvgIpc) is 2.50. The van der Waals surface area contributed by atoms with Crippen LogP contribution in [0.25, 0.3) is 0 Å². The van der Waals surface area contributed by atoms with E-state index in [0.29, 0.717) is 23.5 Å². The normalized spacial score (nSPS) is 12.0. The number of benzene rings is 2. The molecule has 0 radical (unpaired) electrons. The fourth-order valence-corrected chi connectivity index (χ4v) is 2.31. The second-order valence-electron chi connectivity index (χ2n) is 4.57. The maximum atomic E-state index is 13.2. The Hall–Kier alpha value is -1.81. The predicted molar refractivity (Wildman–Crippen MR) is 78.2 cm³/mol. The van der Waals surface area contributed by atoms with Crippen LogP contribution in [0.2, 0.25) is 0 Å². The third kappa shape index (κ3) is 3.85. The van der Waals surface area contributed by atoms with Crippen LogP contribution in [0, 0.1) is 11.6 Å². The van der Waals surface area contributed by atoms with Gasteiger partial charge in [0.15, 0.2) is 11.6 Å². The van der Waals surface area contributed by atoms with E-state index >= 15 is 0 Å². The van der Waals surface area contributed by atoms with Crippen molar-refractivity contribution in [1.29, 1.82) is 0 Å². The summed E-state index contributed by atoms with van der Waals surface area (Å²) in [4.78, 5) is 0. The van der Waals surface area contributed by atoms with Gasteiger partial charge in [-0.15, -0.1) is 11.6 Å². The quantitative estimate of drug-likeness (QED) is 0.757. The van der Waals surface area contributed by atoms with Crippen LogP contribution in [0.1, 0.15) is 16.5 Å². The highest BCUT2D eigenvalue weighted by molar-refractivity contribution is 6.21. The lowest BCUT2D eigenvalue weighted by molar-refractivity contribution is 0.393. The fraction of sp³-hybridized carbons (Fsp3) is 0.250. The summed E-state index contributed by atoms with van der Waals surface area (Å²) in [6, 6.07) is 9.10. The summed E-state index contributed by atoms with van der Waals surface area (Å²) in [6.45, 7) is 0. The van der Waals surface area contributed by atoms with Gasteiger partial charge in [-0.25, -0.2) is 8.78 Å². The zero-order chi connectivity index (χ0) is 15.4. The standard InChI is InChI=1S/C16H15ClF2O2/c1-20-12-7-11(8-13(9-12)21-2)14(17)5-10-3-4-15(18)16(19)6-10/h3-4,6-9,14H,5H2,1-2H3. The lowest BCUT2D eigenvalue weighted by atomic mass is 10.0. The average molecular weight is 313 g/mol. The van der Waals surface area contributed by atoms with Gasteiger partial charge in [-0.2, -0.15) is 0 Å². The Morgan fingerprint density at radius 3 is 2.10 bits per heavy atom. The Balaban J connectivity index is 2.22. The number of alkyl halides is 1. The summed E-state index contributed by atoms with van der Waals surface area (Å²) in [5.41, 5.74) is 1.41. The second kappa shape index (κ2) is 6.76. The molecule has 0 aliphatic heterocycles. The fourth-order valence-electron chi connectivity index (χ4n) is 2.00. The molecule has 0 fully saturated rings. The van der Waals surface area contributed by atoms with Crippen LogP contribution < -0.4 is 9.47 Å². The minimum absolute atomic E-state index is 0.370. The summed E-state index contributed by atoms with van der Waals surface area (Å²) in [5.74, 6) is -0.493. The number of methoxy groups -OCH3 is 2. The molecule has 0 aliphatic rings. The molecule has 0 heterocycles. The molecule has 5 heteroatoms. The molecule has 0 saturated carbocycles. The van der Waals surface area contributed by atoms with E-state index in [4.69, 9.17) is 21.1 Å². The largest absolute Gasteiger partial charge is 0.497 e. The first-order chi connectivity index (χ1) is 10.0. The maximum Gasteiger partial charge on any atom is 0.159 e. The summed E-state index contributed by atoms with van der Waals surface area (Å²) in [7, 11) is 3.11. The van der Waals surface area contributed by atoms with Gasteiger partial charge in [0.05, 0.1) is 19.6 Å². The Morgan fingerprint density at radius 2 is 1.57 bits per heavy atom. The lowest BCUT2D eigenvalue weighted by Crippen LogP contribution is -1.99. The highest BCUT2D eigenvalue weighted by Gasteiger charge is 2.13. The summed E-state index contributed by atoms with van der Waals surface area (Å²) in [6.07, 6.45) is 0.370. The van der Waals surface area contributed by atoms with Gasteiger partial charge in [0.1, 0.15) is 11.5 Å². The summed E-state index contributed by atoms with van der Waals surface area (Å²) in [5, 5.41) is -0.404. The van der Waals surface area contributed by atoms with E-state index < -0.39 is 17.0 Å². The van der Waals surface area contributed by atoms with E-state index in [-0.39, 0.29) is 0 Å². The van der Waals surface area contributed by atoms with Gasteiger partial charge in [0.2, 0.25) is 0 Å². The first kappa shape index (κ1) is 15.6. The van der Waals surface area contributed by atoms with Crippen molar-refractivity contribution in [2.24, 2.45) is 0 Å². The van der Waals surface area contributed by atoms with Gasteiger partial charge < -0.3 is 9.47 Å². The van der Waals surface area contributed by atoms with Crippen LogP contribution >= 0.6 is 11.6 Å². The van der Waals surface area contributed by atoms with E-state index in [9.17, 15) is 8.78 Å². The lowest BCUT2D eigenvalue weighted by Gasteiger charge is -2.13. The molecule has 1 atom stereocenters. The summed E-state index contributed by atoms with van der Waals surface area (Å²) >= 11 is 6.36. The van der Waals surface area contributed by atoms with Gasteiger partial charge in [0, 0.05) is 6.07 Å². The van der Waals surface area contributed by atoms with Gasteiger partial charge in [-0.05, 0) is 41.8 Å². The topological polar surface area (TPSA) is 18.5 Å². The van der Waals surface area contributed by atoms with Gasteiger partial charge >= 0.3 is 0 Å². The SMILES string of the molecule is COc1cc(OC)cc(C(Cl)Cc2ccc(F)c(F)c2)c1. The van der Waals surface area contributed by atoms with E-state index in [2.05, 4.69) is 0 Å². The minimum atomic E-state index is -0.875. The van der Waals surface area contributed by atoms with Crippen molar-refractivity contribution in [2.75, 3.05) is 14.2 Å². The maximum absolute atomic E-state index is 13.2. The van der Waals surface area contributed by atoms with Crippen LogP contribution in [-0.4, -0.2) is 14.2 Å². The molecule has 112 valence electrons. The Morgan fingerprint density at radius 1 is 0.952 bits per heavy atom. The van der Waals surface area contributed by atoms with Crippen molar-refractivity contribution in [3.05, 3.63) is 59.2 Å². The number of rotatable bonds is 5. The van der Waals surface area contributed by atoms with Crippen molar-refractivity contribution in [3.8, 4) is 11.5 Å². The van der Waals surface area contributed by atoms with Crippen LogP contribution in [0.3, 0.4) is 0 Å². The molecular formula is C16H15ClF2O2.